The molecule has 0 heterocycles. The first-order chi connectivity index (χ1) is 7.86. The van der Waals surface area contributed by atoms with Crippen LogP contribution in [0, 0.1) is 5.41 Å². The molecular formula is C14H20O3. The molecule has 3 nitrogen and oxygen atoms in total. The highest BCUT2D eigenvalue weighted by Crippen LogP contribution is 2.32. The molecule has 0 unspecified atom stereocenters. The van der Waals surface area contributed by atoms with Gasteiger partial charge < -0.3 is 9.84 Å². The predicted molar refractivity (Wildman–Crippen MR) is 66.8 cm³/mol. The van der Waals surface area contributed by atoms with Gasteiger partial charge in [-0.05, 0) is 30.0 Å². The SMILES string of the molecule is CCOC(=O)c1ccc([C@@H](O)C(C)(C)C)cc1. The van der Waals surface area contributed by atoms with Crippen LogP contribution in [0.1, 0.15) is 49.7 Å². The second-order valence-electron chi connectivity index (χ2n) is 5.11. The lowest BCUT2D eigenvalue weighted by molar-refractivity contribution is 0.0524. The van der Waals surface area contributed by atoms with Crippen LogP contribution in [0.4, 0.5) is 0 Å². The van der Waals surface area contributed by atoms with Gasteiger partial charge in [0, 0.05) is 0 Å². The number of hydrogen-bond donors (Lipinski definition) is 1. The van der Waals surface area contributed by atoms with Crippen molar-refractivity contribution < 1.29 is 14.6 Å². The van der Waals surface area contributed by atoms with E-state index in [1.807, 2.05) is 20.8 Å². The minimum Gasteiger partial charge on any atom is -0.462 e. The molecule has 1 N–H and O–H groups in total. The Labute approximate surface area is 102 Å². The van der Waals surface area contributed by atoms with Gasteiger partial charge in [0.2, 0.25) is 0 Å². The van der Waals surface area contributed by atoms with Gasteiger partial charge in [-0.25, -0.2) is 4.79 Å². The van der Waals surface area contributed by atoms with Crippen molar-refractivity contribution in [2.45, 2.75) is 33.8 Å². The van der Waals surface area contributed by atoms with E-state index in [-0.39, 0.29) is 11.4 Å². The Bertz CT molecular complexity index is 373. The van der Waals surface area contributed by atoms with E-state index in [0.29, 0.717) is 12.2 Å². The highest BCUT2D eigenvalue weighted by Gasteiger charge is 2.23. The average molecular weight is 236 g/mol. The molecule has 0 saturated carbocycles. The second kappa shape index (κ2) is 5.32. The van der Waals surface area contributed by atoms with Crippen LogP contribution in [0.3, 0.4) is 0 Å². The molecule has 1 aromatic rings. The van der Waals surface area contributed by atoms with Crippen LogP contribution in [0.2, 0.25) is 0 Å². The first-order valence-electron chi connectivity index (χ1n) is 5.81. The molecule has 1 aromatic carbocycles. The molecule has 0 amide bonds. The Kier molecular flexibility index (Phi) is 4.29. The molecular weight excluding hydrogens is 216 g/mol. The summed E-state index contributed by atoms with van der Waals surface area (Å²) in [6, 6.07) is 6.90. The molecule has 0 saturated heterocycles. The van der Waals surface area contributed by atoms with Crippen LogP contribution < -0.4 is 0 Å². The Morgan fingerprint density at radius 3 is 2.24 bits per heavy atom. The lowest BCUT2D eigenvalue weighted by Gasteiger charge is -2.26. The van der Waals surface area contributed by atoms with Gasteiger partial charge in [0.05, 0.1) is 18.3 Å². The summed E-state index contributed by atoms with van der Waals surface area (Å²) < 4.78 is 4.89. The number of hydrogen-bond acceptors (Lipinski definition) is 3. The monoisotopic (exact) mass is 236 g/mol. The van der Waals surface area contributed by atoms with Crippen LogP contribution in [0.15, 0.2) is 24.3 Å². The van der Waals surface area contributed by atoms with Crippen molar-refractivity contribution >= 4 is 5.97 Å². The zero-order chi connectivity index (χ0) is 13.1. The van der Waals surface area contributed by atoms with Gasteiger partial charge in [0.1, 0.15) is 0 Å². The number of benzene rings is 1. The fraction of sp³-hybridized carbons (Fsp3) is 0.500. The minimum atomic E-state index is -0.543. The van der Waals surface area contributed by atoms with Crippen LogP contribution in [0.5, 0.6) is 0 Å². The maximum absolute atomic E-state index is 11.4. The highest BCUT2D eigenvalue weighted by atomic mass is 16.5. The summed E-state index contributed by atoms with van der Waals surface area (Å²) in [4.78, 5) is 11.4. The van der Waals surface area contributed by atoms with E-state index in [1.165, 1.54) is 0 Å². The molecule has 1 atom stereocenters. The van der Waals surface area contributed by atoms with E-state index in [9.17, 15) is 9.90 Å². The van der Waals surface area contributed by atoms with Gasteiger partial charge in [-0.2, -0.15) is 0 Å². The lowest BCUT2D eigenvalue weighted by Crippen LogP contribution is -2.17. The second-order valence-corrected chi connectivity index (χ2v) is 5.11. The molecule has 0 fully saturated rings. The van der Waals surface area contributed by atoms with Crippen LogP contribution in [-0.2, 0) is 4.74 Å². The van der Waals surface area contributed by atoms with Gasteiger partial charge in [-0.3, -0.25) is 0 Å². The normalized spacial score (nSPS) is 13.2. The maximum Gasteiger partial charge on any atom is 0.338 e. The first kappa shape index (κ1) is 13.7. The van der Waals surface area contributed by atoms with E-state index in [4.69, 9.17) is 4.74 Å². The molecule has 0 spiro atoms. The molecule has 17 heavy (non-hydrogen) atoms. The first-order valence-corrected chi connectivity index (χ1v) is 5.81. The zero-order valence-corrected chi connectivity index (χ0v) is 10.9. The molecule has 94 valence electrons. The number of carbonyl (C=O) groups is 1. The number of rotatable bonds is 3. The Hall–Kier alpha value is -1.35. The Balaban J connectivity index is 2.85. The fourth-order valence-corrected chi connectivity index (χ4v) is 1.52. The molecule has 3 heteroatoms. The van der Waals surface area contributed by atoms with Crippen molar-refractivity contribution in [3.05, 3.63) is 35.4 Å². The zero-order valence-electron chi connectivity index (χ0n) is 10.9. The van der Waals surface area contributed by atoms with Gasteiger partial charge in [0.15, 0.2) is 0 Å². The Morgan fingerprint density at radius 1 is 1.29 bits per heavy atom. The predicted octanol–water partition coefficient (Wildman–Crippen LogP) is 2.94. The van der Waals surface area contributed by atoms with Crippen LogP contribution in [0.25, 0.3) is 0 Å². The van der Waals surface area contributed by atoms with Gasteiger partial charge in [0.25, 0.3) is 0 Å². The maximum atomic E-state index is 11.4. The Morgan fingerprint density at radius 2 is 1.82 bits per heavy atom. The van der Waals surface area contributed by atoms with Crippen LogP contribution >= 0.6 is 0 Å². The van der Waals surface area contributed by atoms with E-state index >= 15 is 0 Å². The summed E-state index contributed by atoms with van der Waals surface area (Å²) in [6.45, 7) is 8.05. The third-order valence-corrected chi connectivity index (χ3v) is 2.56. The van der Waals surface area contributed by atoms with E-state index in [0.717, 1.165) is 5.56 Å². The number of aliphatic hydroxyl groups is 1. The van der Waals surface area contributed by atoms with Crippen LogP contribution in [-0.4, -0.2) is 17.7 Å². The summed E-state index contributed by atoms with van der Waals surface area (Å²) in [6.07, 6.45) is -0.543. The molecule has 1 rings (SSSR count). The van der Waals surface area contributed by atoms with E-state index < -0.39 is 6.10 Å². The molecule has 0 bridgehead atoms. The van der Waals surface area contributed by atoms with Crippen molar-refractivity contribution in [3.8, 4) is 0 Å². The summed E-state index contributed by atoms with van der Waals surface area (Å²) in [5.74, 6) is -0.329. The largest absolute Gasteiger partial charge is 0.462 e. The molecule has 0 aliphatic rings. The molecule has 0 aliphatic heterocycles. The van der Waals surface area contributed by atoms with Crippen molar-refractivity contribution in [1.82, 2.24) is 0 Å². The number of esters is 1. The fourth-order valence-electron chi connectivity index (χ4n) is 1.52. The minimum absolute atomic E-state index is 0.217. The van der Waals surface area contributed by atoms with E-state index in [1.54, 1.807) is 31.2 Å². The summed E-state index contributed by atoms with van der Waals surface area (Å²) in [5.41, 5.74) is 1.10. The van der Waals surface area contributed by atoms with Gasteiger partial charge in [-0.1, -0.05) is 32.9 Å². The summed E-state index contributed by atoms with van der Waals surface area (Å²) in [5, 5.41) is 10.1. The standard InChI is InChI=1S/C14H20O3/c1-5-17-13(16)11-8-6-10(7-9-11)12(15)14(2,3)4/h6-9,12,15H,5H2,1-4H3/t12-/m1/s1. The average Bonchev–Trinajstić information content (AvgIpc) is 2.27. The van der Waals surface area contributed by atoms with Gasteiger partial charge >= 0.3 is 5.97 Å². The van der Waals surface area contributed by atoms with E-state index in [2.05, 4.69) is 0 Å². The van der Waals surface area contributed by atoms with Crippen molar-refractivity contribution in [1.29, 1.82) is 0 Å². The van der Waals surface area contributed by atoms with Crippen molar-refractivity contribution in [3.63, 3.8) is 0 Å². The quantitative estimate of drug-likeness (QED) is 0.821. The smallest absolute Gasteiger partial charge is 0.338 e. The number of aliphatic hydroxyl groups excluding tert-OH is 1. The topological polar surface area (TPSA) is 46.5 Å². The van der Waals surface area contributed by atoms with Crippen molar-refractivity contribution in [2.24, 2.45) is 5.41 Å². The molecule has 0 aromatic heterocycles. The number of carbonyl (C=O) groups excluding carboxylic acids is 1. The third-order valence-electron chi connectivity index (χ3n) is 2.56. The van der Waals surface area contributed by atoms with Gasteiger partial charge in [-0.15, -0.1) is 0 Å². The summed E-state index contributed by atoms with van der Waals surface area (Å²) >= 11 is 0. The van der Waals surface area contributed by atoms with Crippen molar-refractivity contribution in [2.75, 3.05) is 6.61 Å². The molecule has 0 radical (unpaired) electrons. The number of ether oxygens (including phenoxy) is 1. The lowest BCUT2D eigenvalue weighted by atomic mass is 9.84. The highest BCUT2D eigenvalue weighted by molar-refractivity contribution is 5.89. The third kappa shape index (κ3) is 3.56. The summed E-state index contributed by atoms with van der Waals surface area (Å²) in [7, 11) is 0. The molecule has 0 aliphatic carbocycles.